The van der Waals surface area contributed by atoms with Crippen LogP contribution in [0.4, 0.5) is 0 Å². The van der Waals surface area contributed by atoms with Crippen LogP contribution in [-0.2, 0) is 16.6 Å². The minimum atomic E-state index is -0.668. The molecule has 0 fully saturated rings. The van der Waals surface area contributed by atoms with Crippen molar-refractivity contribution in [1.29, 1.82) is 0 Å². The third-order valence-electron chi connectivity index (χ3n) is 5.54. The second-order valence-electron chi connectivity index (χ2n) is 7.28. The minimum absolute atomic E-state index is 0.232. The lowest BCUT2D eigenvalue weighted by Gasteiger charge is -2.32. The van der Waals surface area contributed by atoms with Gasteiger partial charge < -0.3 is 0 Å². The second kappa shape index (κ2) is 9.50. The molecule has 1 nitrogen and oxygen atoms in total. The molecule has 0 heterocycles. The monoisotopic (exact) mass is 372 g/mol. The number of hydrogen-bond acceptors (Lipinski definition) is 1. The lowest BCUT2D eigenvalue weighted by molar-refractivity contribution is -0.122. The third-order valence-corrected chi connectivity index (χ3v) is 5.54. The van der Waals surface area contributed by atoms with Crippen LogP contribution in [0.2, 0.25) is 0 Å². The van der Waals surface area contributed by atoms with Crippen LogP contribution in [-0.4, -0.2) is 5.78 Å². The van der Waals surface area contributed by atoms with E-state index in [1.165, 1.54) is 0 Å². The number of carbonyl (C=O) groups is 1. The SMILES string of the molecule is CC.Cc1ccccc1CC(=O)C(C)(c1ccccc1C)c1ccccc1C. The van der Waals surface area contributed by atoms with Gasteiger partial charge in [0.05, 0.1) is 5.41 Å². The highest BCUT2D eigenvalue weighted by atomic mass is 16.1. The molecule has 1 heteroatoms. The Morgan fingerprint density at radius 1 is 0.679 bits per heavy atom. The Morgan fingerprint density at radius 2 is 1.07 bits per heavy atom. The van der Waals surface area contributed by atoms with Crippen molar-refractivity contribution in [1.82, 2.24) is 0 Å². The van der Waals surface area contributed by atoms with Crippen LogP contribution >= 0.6 is 0 Å². The Morgan fingerprint density at radius 3 is 1.50 bits per heavy atom. The molecule has 0 amide bonds. The first-order valence-electron chi connectivity index (χ1n) is 10.1. The van der Waals surface area contributed by atoms with E-state index in [-0.39, 0.29) is 5.78 Å². The standard InChI is InChI=1S/C25H26O.C2H6/c1-18-11-5-8-14-21(18)17-24(26)25(4,22-15-9-6-12-19(22)2)23-16-10-7-13-20(23)3;1-2/h5-16H,17H2,1-4H3;1-2H3. The molecule has 0 bridgehead atoms. The van der Waals surface area contributed by atoms with E-state index < -0.39 is 5.41 Å². The number of rotatable bonds is 5. The lowest BCUT2D eigenvalue weighted by Crippen LogP contribution is -2.36. The van der Waals surface area contributed by atoms with Gasteiger partial charge in [-0.1, -0.05) is 86.6 Å². The maximum atomic E-state index is 13.7. The summed E-state index contributed by atoms with van der Waals surface area (Å²) in [7, 11) is 0. The zero-order chi connectivity index (χ0) is 20.7. The van der Waals surface area contributed by atoms with E-state index >= 15 is 0 Å². The predicted octanol–water partition coefficient (Wildman–Crippen LogP) is 6.76. The van der Waals surface area contributed by atoms with Crippen LogP contribution in [0.15, 0.2) is 72.8 Å². The fourth-order valence-corrected chi connectivity index (χ4v) is 3.87. The largest absolute Gasteiger partial charge is 0.298 e. The second-order valence-corrected chi connectivity index (χ2v) is 7.28. The van der Waals surface area contributed by atoms with Gasteiger partial charge >= 0.3 is 0 Å². The molecule has 0 saturated carbocycles. The Bertz CT molecular complexity index is 891. The van der Waals surface area contributed by atoms with Gasteiger partial charge in [-0.05, 0) is 61.1 Å². The van der Waals surface area contributed by atoms with Crippen molar-refractivity contribution in [3.05, 3.63) is 106 Å². The molecular weight excluding hydrogens is 340 g/mol. The van der Waals surface area contributed by atoms with Crippen molar-refractivity contribution >= 4 is 5.78 Å². The summed E-state index contributed by atoms with van der Waals surface area (Å²) >= 11 is 0. The van der Waals surface area contributed by atoms with Crippen molar-refractivity contribution in [2.45, 2.75) is 53.4 Å². The lowest BCUT2D eigenvalue weighted by atomic mass is 9.69. The Balaban J connectivity index is 0.00000136. The van der Waals surface area contributed by atoms with Crippen LogP contribution in [0.25, 0.3) is 0 Å². The Kier molecular flexibility index (Phi) is 7.34. The van der Waals surface area contributed by atoms with Crippen molar-refractivity contribution in [2.24, 2.45) is 0 Å². The maximum absolute atomic E-state index is 13.7. The van der Waals surface area contributed by atoms with Crippen molar-refractivity contribution < 1.29 is 4.79 Å². The van der Waals surface area contributed by atoms with Crippen LogP contribution in [0.5, 0.6) is 0 Å². The van der Waals surface area contributed by atoms with Gasteiger partial charge in [-0.2, -0.15) is 0 Å². The summed E-state index contributed by atoms with van der Waals surface area (Å²) in [4.78, 5) is 13.7. The number of hydrogen-bond donors (Lipinski definition) is 0. The molecule has 0 atom stereocenters. The number of Topliss-reactive ketones (excluding diaryl/α,β-unsaturated/α-hetero) is 1. The van der Waals surface area contributed by atoms with Gasteiger partial charge in [0.1, 0.15) is 0 Å². The first-order chi connectivity index (χ1) is 13.4. The fraction of sp³-hybridized carbons (Fsp3) is 0.296. The summed E-state index contributed by atoms with van der Waals surface area (Å²) in [5.74, 6) is 0.232. The fourth-order valence-electron chi connectivity index (χ4n) is 3.87. The first kappa shape index (κ1) is 21.6. The molecule has 0 aliphatic carbocycles. The van der Waals surface area contributed by atoms with Crippen LogP contribution < -0.4 is 0 Å². The summed E-state index contributed by atoms with van der Waals surface area (Å²) in [6, 6.07) is 24.6. The Hall–Kier alpha value is -2.67. The zero-order valence-corrected chi connectivity index (χ0v) is 18.0. The molecule has 0 radical (unpaired) electrons. The van der Waals surface area contributed by atoms with Crippen molar-refractivity contribution in [3.63, 3.8) is 0 Å². The average Bonchev–Trinajstić information content (AvgIpc) is 2.71. The number of ketones is 1. The number of benzene rings is 3. The van der Waals surface area contributed by atoms with Crippen molar-refractivity contribution in [3.8, 4) is 0 Å². The van der Waals surface area contributed by atoms with E-state index in [0.717, 1.165) is 33.4 Å². The average molecular weight is 373 g/mol. The van der Waals surface area contributed by atoms with Gasteiger partial charge in [-0.15, -0.1) is 0 Å². The van der Waals surface area contributed by atoms with Gasteiger partial charge in [0.25, 0.3) is 0 Å². The van der Waals surface area contributed by atoms with E-state index in [1.54, 1.807) is 0 Å². The summed E-state index contributed by atoms with van der Waals surface area (Å²) in [5.41, 5.74) is 6.08. The van der Waals surface area contributed by atoms with E-state index in [0.29, 0.717) is 6.42 Å². The topological polar surface area (TPSA) is 17.1 Å². The molecule has 3 rings (SSSR count). The third kappa shape index (κ3) is 4.25. The normalized spacial score (nSPS) is 10.8. The van der Waals surface area contributed by atoms with Gasteiger partial charge in [0.2, 0.25) is 0 Å². The highest BCUT2D eigenvalue weighted by Crippen LogP contribution is 2.37. The van der Waals surface area contributed by atoms with E-state index in [1.807, 2.05) is 50.2 Å². The van der Waals surface area contributed by atoms with Crippen LogP contribution in [0.3, 0.4) is 0 Å². The van der Waals surface area contributed by atoms with E-state index in [4.69, 9.17) is 0 Å². The molecule has 0 saturated heterocycles. The highest BCUT2D eigenvalue weighted by molar-refractivity contribution is 5.95. The molecule has 0 aromatic heterocycles. The number of aryl methyl sites for hydroxylation is 3. The minimum Gasteiger partial charge on any atom is -0.298 e. The molecule has 0 aliphatic rings. The molecular formula is C27H32O. The van der Waals surface area contributed by atoms with Crippen molar-refractivity contribution in [2.75, 3.05) is 0 Å². The maximum Gasteiger partial charge on any atom is 0.151 e. The van der Waals surface area contributed by atoms with Crippen LogP contribution in [0, 0.1) is 20.8 Å². The molecule has 0 N–H and O–H groups in total. The predicted molar refractivity (Wildman–Crippen MR) is 120 cm³/mol. The smallest absolute Gasteiger partial charge is 0.151 e. The summed E-state index contributed by atoms with van der Waals surface area (Å²) < 4.78 is 0. The molecule has 146 valence electrons. The summed E-state index contributed by atoms with van der Waals surface area (Å²) in [5, 5.41) is 0. The molecule has 0 unspecified atom stereocenters. The van der Waals surface area contributed by atoms with Gasteiger partial charge in [0.15, 0.2) is 5.78 Å². The van der Waals surface area contributed by atoms with E-state index in [9.17, 15) is 4.79 Å². The first-order valence-corrected chi connectivity index (χ1v) is 10.1. The Labute approximate surface area is 170 Å². The molecule has 3 aromatic rings. The van der Waals surface area contributed by atoms with Crippen LogP contribution in [0.1, 0.15) is 54.2 Å². The highest BCUT2D eigenvalue weighted by Gasteiger charge is 2.38. The van der Waals surface area contributed by atoms with Gasteiger partial charge in [-0.25, -0.2) is 0 Å². The molecule has 0 aliphatic heterocycles. The molecule has 3 aromatic carbocycles. The molecule has 28 heavy (non-hydrogen) atoms. The van der Waals surface area contributed by atoms with Gasteiger partial charge in [-0.3, -0.25) is 4.79 Å². The number of carbonyl (C=O) groups excluding carboxylic acids is 1. The van der Waals surface area contributed by atoms with Gasteiger partial charge in [0, 0.05) is 6.42 Å². The zero-order valence-electron chi connectivity index (χ0n) is 18.0. The summed E-state index contributed by atoms with van der Waals surface area (Å²) in [6.07, 6.45) is 0.436. The van der Waals surface area contributed by atoms with E-state index in [2.05, 4.69) is 64.1 Å². The summed E-state index contributed by atoms with van der Waals surface area (Å²) in [6.45, 7) is 12.3. The molecule has 0 spiro atoms. The quantitative estimate of drug-likeness (QED) is 0.484.